The van der Waals surface area contributed by atoms with E-state index in [1.165, 1.54) is 0 Å². The molecule has 1 aromatic rings. The van der Waals surface area contributed by atoms with Gasteiger partial charge in [-0.25, -0.2) is 12.1 Å². The zero-order chi connectivity index (χ0) is 11.6. The molecule has 92 valence electrons. The number of unbranched alkanes of at least 4 members (excludes halogenated alkanes) is 1. The first-order valence-electron chi connectivity index (χ1n) is 5.76. The summed E-state index contributed by atoms with van der Waals surface area (Å²) >= 11 is 0. The summed E-state index contributed by atoms with van der Waals surface area (Å²) in [4.78, 5) is 0. The molecule has 17 heavy (non-hydrogen) atoms. The molecule has 0 aliphatic heterocycles. The molecule has 1 aromatic carbocycles. The van der Waals surface area contributed by atoms with Gasteiger partial charge in [-0.15, -0.1) is 5.76 Å². The van der Waals surface area contributed by atoms with E-state index in [0.717, 1.165) is 18.4 Å². The Morgan fingerprint density at radius 3 is 2.18 bits per heavy atom. The van der Waals surface area contributed by atoms with Crippen molar-refractivity contribution < 1.29 is 22.2 Å². The quantitative estimate of drug-likeness (QED) is 0.469. The molecule has 0 aromatic heterocycles. The monoisotopic (exact) mass is 270 g/mol. The van der Waals surface area contributed by atoms with Crippen LogP contribution in [0.5, 0.6) is 0 Å². The zero-order valence-electron chi connectivity index (χ0n) is 10.1. The molecule has 0 atom stereocenters. The molecule has 2 heteroatoms. The summed E-state index contributed by atoms with van der Waals surface area (Å²) in [6, 6.07) is 10.0. The van der Waals surface area contributed by atoms with Crippen molar-refractivity contribution in [3.8, 4) is 0 Å². The van der Waals surface area contributed by atoms with Crippen LogP contribution in [0.4, 0.5) is 0 Å². The van der Waals surface area contributed by atoms with Crippen LogP contribution in [0, 0.1) is 0 Å². The molecule has 2 rings (SSSR count). The van der Waals surface area contributed by atoms with E-state index in [0.29, 0.717) is 6.42 Å². The maximum atomic E-state index is 11.3. The molecule has 0 spiro atoms. The largest absolute Gasteiger partial charge is 2.00 e. The number of allylic oxidation sites excluding steroid dienone is 6. The van der Waals surface area contributed by atoms with Crippen LogP contribution < -0.4 is 5.11 Å². The van der Waals surface area contributed by atoms with Gasteiger partial charge < -0.3 is 5.11 Å². The Morgan fingerprint density at radius 1 is 1.18 bits per heavy atom. The molecule has 0 heterocycles. The van der Waals surface area contributed by atoms with Crippen LogP contribution in [0.15, 0.2) is 66.0 Å². The fourth-order valence-corrected chi connectivity index (χ4v) is 1.36. The second-order valence-electron chi connectivity index (χ2n) is 3.66. The SMILES string of the molecule is CCCCC([O-])=C1C=CC=C1.[Fe+2].c1cc[cH-]c1. The van der Waals surface area contributed by atoms with Gasteiger partial charge in [0.25, 0.3) is 0 Å². The third-order valence-electron chi connectivity index (χ3n) is 2.30. The van der Waals surface area contributed by atoms with Crippen LogP contribution in [0.3, 0.4) is 0 Å². The maximum Gasteiger partial charge on any atom is 2.00 e. The molecular formula is C15H18FeO. The normalized spacial score (nSPS) is 11.7. The Bertz CT molecular complexity index is 327. The number of hydrogen-bond acceptors (Lipinski definition) is 1. The van der Waals surface area contributed by atoms with Gasteiger partial charge in [0.1, 0.15) is 0 Å². The van der Waals surface area contributed by atoms with E-state index < -0.39 is 0 Å². The van der Waals surface area contributed by atoms with Crippen molar-refractivity contribution >= 4 is 0 Å². The summed E-state index contributed by atoms with van der Waals surface area (Å²) in [5, 5.41) is 11.3. The van der Waals surface area contributed by atoms with Crippen LogP contribution in [0.25, 0.3) is 0 Å². The Kier molecular flexibility index (Phi) is 9.41. The van der Waals surface area contributed by atoms with Gasteiger partial charge in [0.05, 0.1) is 0 Å². The predicted molar refractivity (Wildman–Crippen MR) is 66.9 cm³/mol. The standard InChI is InChI=1S/C10H14O.C5H5.Fe/c1-2-3-8-10(11)9-6-4-5-7-9;1-2-4-5-3-1;/h4-7,11H,2-3,8H2,1H3;1-5H;/q;-1;+2/p-1. The van der Waals surface area contributed by atoms with Gasteiger partial charge in [-0.1, -0.05) is 44.1 Å². The minimum atomic E-state index is 0. The smallest absolute Gasteiger partial charge is 0.875 e. The summed E-state index contributed by atoms with van der Waals surface area (Å²) in [6.45, 7) is 2.10. The molecular weight excluding hydrogens is 252 g/mol. The minimum Gasteiger partial charge on any atom is -0.875 e. The van der Waals surface area contributed by atoms with Crippen molar-refractivity contribution in [1.82, 2.24) is 0 Å². The van der Waals surface area contributed by atoms with E-state index in [2.05, 4.69) is 6.92 Å². The molecule has 0 unspecified atom stereocenters. The number of hydrogen-bond donors (Lipinski definition) is 0. The summed E-state index contributed by atoms with van der Waals surface area (Å²) in [7, 11) is 0. The van der Waals surface area contributed by atoms with E-state index in [1.54, 1.807) is 0 Å². The fraction of sp³-hybridized carbons (Fsp3) is 0.267. The Balaban J connectivity index is 0.000000360. The fourth-order valence-electron chi connectivity index (χ4n) is 1.36. The van der Waals surface area contributed by atoms with Gasteiger partial charge in [-0.2, -0.15) is 18.2 Å². The molecule has 0 radical (unpaired) electrons. The first kappa shape index (κ1) is 15.9. The topological polar surface area (TPSA) is 23.1 Å². The number of rotatable bonds is 3. The molecule has 0 fully saturated rings. The van der Waals surface area contributed by atoms with Crippen molar-refractivity contribution in [3.63, 3.8) is 0 Å². The first-order valence-corrected chi connectivity index (χ1v) is 5.76. The summed E-state index contributed by atoms with van der Waals surface area (Å²) in [5.41, 5.74) is 0.860. The summed E-state index contributed by atoms with van der Waals surface area (Å²) in [5.74, 6) is 0.275. The second kappa shape index (κ2) is 10.1. The second-order valence-corrected chi connectivity index (χ2v) is 3.66. The molecule has 0 saturated carbocycles. The van der Waals surface area contributed by atoms with Gasteiger partial charge in [0.15, 0.2) is 0 Å². The van der Waals surface area contributed by atoms with Gasteiger partial charge in [-0.3, -0.25) is 0 Å². The van der Waals surface area contributed by atoms with E-state index in [4.69, 9.17) is 0 Å². The van der Waals surface area contributed by atoms with Crippen molar-refractivity contribution in [2.75, 3.05) is 0 Å². The molecule has 1 aliphatic rings. The zero-order valence-corrected chi connectivity index (χ0v) is 11.2. The molecule has 1 nitrogen and oxygen atoms in total. The van der Waals surface area contributed by atoms with E-state index >= 15 is 0 Å². The average Bonchev–Trinajstić information content (AvgIpc) is 2.98. The maximum absolute atomic E-state index is 11.3. The van der Waals surface area contributed by atoms with Gasteiger partial charge in [0.2, 0.25) is 0 Å². The molecule has 0 saturated heterocycles. The third kappa shape index (κ3) is 6.93. The van der Waals surface area contributed by atoms with Crippen molar-refractivity contribution in [2.24, 2.45) is 0 Å². The average molecular weight is 270 g/mol. The molecule has 1 aliphatic carbocycles. The third-order valence-corrected chi connectivity index (χ3v) is 2.30. The Labute approximate surface area is 114 Å². The van der Waals surface area contributed by atoms with Crippen LogP contribution in [0.1, 0.15) is 26.2 Å². The van der Waals surface area contributed by atoms with Gasteiger partial charge in [-0.05, 0) is 12.0 Å². The van der Waals surface area contributed by atoms with E-state index in [9.17, 15) is 5.11 Å². The minimum absolute atomic E-state index is 0. The molecule has 0 amide bonds. The van der Waals surface area contributed by atoms with Crippen molar-refractivity contribution in [1.29, 1.82) is 0 Å². The first-order chi connectivity index (χ1) is 7.84. The summed E-state index contributed by atoms with van der Waals surface area (Å²) in [6.07, 6.45) is 10.3. The summed E-state index contributed by atoms with van der Waals surface area (Å²) < 4.78 is 0. The molecule has 0 bridgehead atoms. The Hall–Kier alpha value is -1.11. The molecule has 0 N–H and O–H groups in total. The van der Waals surface area contributed by atoms with Crippen LogP contribution in [-0.4, -0.2) is 0 Å². The van der Waals surface area contributed by atoms with Crippen LogP contribution >= 0.6 is 0 Å². The van der Waals surface area contributed by atoms with Crippen molar-refractivity contribution in [3.05, 3.63) is 66.0 Å². The Morgan fingerprint density at radius 2 is 1.76 bits per heavy atom. The van der Waals surface area contributed by atoms with E-state index in [1.807, 2.05) is 54.6 Å². The van der Waals surface area contributed by atoms with Gasteiger partial charge in [0, 0.05) is 0 Å². The van der Waals surface area contributed by atoms with Gasteiger partial charge >= 0.3 is 17.1 Å². The van der Waals surface area contributed by atoms with Crippen LogP contribution in [-0.2, 0) is 17.1 Å². The van der Waals surface area contributed by atoms with Crippen LogP contribution in [0.2, 0.25) is 0 Å². The van der Waals surface area contributed by atoms with E-state index in [-0.39, 0.29) is 22.8 Å². The predicted octanol–water partition coefficient (Wildman–Crippen LogP) is 3.32. The van der Waals surface area contributed by atoms with Crippen molar-refractivity contribution in [2.45, 2.75) is 26.2 Å².